The highest BCUT2D eigenvalue weighted by Gasteiger charge is 2.35. The van der Waals surface area contributed by atoms with Gasteiger partial charge in [0.05, 0.1) is 0 Å². The molecule has 0 aromatic rings. The Morgan fingerprint density at radius 3 is 2.46 bits per heavy atom. The van der Waals surface area contributed by atoms with E-state index in [1.54, 1.807) is 0 Å². The molecular weight excluding hydrogens is 164 g/mol. The molecule has 13 heavy (non-hydrogen) atoms. The van der Waals surface area contributed by atoms with Gasteiger partial charge in [0, 0.05) is 11.8 Å². The number of carbonyl (C=O) groups is 2. The van der Waals surface area contributed by atoms with Crippen molar-refractivity contribution in [1.29, 1.82) is 0 Å². The Balaban J connectivity index is 2.32. The molecule has 2 rings (SSSR count). The normalized spacial score (nSPS) is 32.8. The zero-order valence-corrected chi connectivity index (χ0v) is 7.62. The quantitative estimate of drug-likeness (QED) is 0.526. The van der Waals surface area contributed by atoms with Gasteiger partial charge in [0.15, 0.2) is 11.6 Å². The fraction of sp³-hybridized carbons (Fsp3) is 0.455. The minimum Gasteiger partial charge on any atom is -0.295 e. The Hall–Kier alpha value is -1.18. The average molecular weight is 176 g/mol. The van der Waals surface area contributed by atoms with Gasteiger partial charge in [-0.15, -0.1) is 0 Å². The molecule has 0 saturated carbocycles. The van der Waals surface area contributed by atoms with Crippen LogP contribution in [-0.2, 0) is 9.59 Å². The maximum atomic E-state index is 11.5. The zero-order valence-electron chi connectivity index (χ0n) is 7.62. The van der Waals surface area contributed by atoms with E-state index in [1.165, 1.54) is 17.7 Å². The van der Waals surface area contributed by atoms with E-state index >= 15 is 0 Å². The van der Waals surface area contributed by atoms with Crippen LogP contribution in [0.2, 0.25) is 0 Å². The summed E-state index contributed by atoms with van der Waals surface area (Å²) in [5, 5.41) is 0. The molecule has 0 aromatic heterocycles. The predicted octanol–water partition coefficient (Wildman–Crippen LogP) is 1.67. The third-order valence-corrected chi connectivity index (χ3v) is 2.89. The number of hydrogen-bond donors (Lipinski definition) is 0. The van der Waals surface area contributed by atoms with Crippen LogP contribution in [0.25, 0.3) is 0 Å². The van der Waals surface area contributed by atoms with Crippen LogP contribution in [0, 0.1) is 11.8 Å². The third-order valence-electron chi connectivity index (χ3n) is 2.89. The van der Waals surface area contributed by atoms with E-state index in [1.807, 2.05) is 6.92 Å². The lowest BCUT2D eigenvalue weighted by Crippen LogP contribution is -2.33. The van der Waals surface area contributed by atoms with Crippen LogP contribution in [0.3, 0.4) is 0 Å². The smallest absolute Gasteiger partial charge is 0.159 e. The summed E-state index contributed by atoms with van der Waals surface area (Å²) in [4.78, 5) is 22.9. The second-order valence-electron chi connectivity index (χ2n) is 3.84. The molecule has 68 valence electrons. The van der Waals surface area contributed by atoms with Gasteiger partial charge < -0.3 is 0 Å². The molecule has 0 amide bonds. The highest BCUT2D eigenvalue weighted by Crippen LogP contribution is 2.33. The number of ketones is 2. The first kappa shape index (κ1) is 8.42. The van der Waals surface area contributed by atoms with E-state index < -0.39 is 0 Å². The lowest BCUT2D eigenvalue weighted by atomic mass is 9.73. The number of allylic oxidation sites excluding steroid dienone is 4. The first-order valence-electron chi connectivity index (χ1n) is 4.60. The Labute approximate surface area is 77.3 Å². The van der Waals surface area contributed by atoms with Crippen LogP contribution >= 0.6 is 0 Å². The van der Waals surface area contributed by atoms with Crippen LogP contribution in [0.1, 0.15) is 19.8 Å². The second kappa shape index (κ2) is 2.95. The highest BCUT2D eigenvalue weighted by atomic mass is 16.1. The van der Waals surface area contributed by atoms with Gasteiger partial charge in [-0.25, -0.2) is 0 Å². The van der Waals surface area contributed by atoms with Crippen LogP contribution in [-0.4, -0.2) is 11.6 Å². The van der Waals surface area contributed by atoms with E-state index in [2.05, 4.69) is 6.08 Å². The van der Waals surface area contributed by atoms with E-state index in [4.69, 9.17) is 0 Å². The molecule has 0 spiro atoms. The minimum absolute atomic E-state index is 0.0671. The fourth-order valence-corrected chi connectivity index (χ4v) is 2.09. The van der Waals surface area contributed by atoms with Crippen molar-refractivity contribution in [2.75, 3.05) is 0 Å². The van der Waals surface area contributed by atoms with Gasteiger partial charge in [0.1, 0.15) is 0 Å². The Bertz CT molecular complexity index is 323. The standard InChI is InChI=1S/C11H12O2/c1-7-2-3-8-9(6-7)11(13)5-4-10(8)12/h2,4-5,8-9H,3,6H2,1H3/t8-,9+/m0/s1. The van der Waals surface area contributed by atoms with Gasteiger partial charge in [-0.3, -0.25) is 9.59 Å². The molecule has 0 heterocycles. The van der Waals surface area contributed by atoms with Crippen LogP contribution in [0.4, 0.5) is 0 Å². The van der Waals surface area contributed by atoms with Gasteiger partial charge in [0.25, 0.3) is 0 Å². The van der Waals surface area contributed by atoms with Gasteiger partial charge >= 0.3 is 0 Å². The van der Waals surface area contributed by atoms with Gasteiger partial charge in [-0.05, 0) is 31.9 Å². The molecule has 0 N–H and O–H groups in total. The average Bonchev–Trinajstić information content (AvgIpc) is 2.12. The van der Waals surface area contributed by atoms with E-state index in [0.29, 0.717) is 0 Å². The summed E-state index contributed by atoms with van der Waals surface area (Å²) in [5.74, 6) is 0.106. The first-order chi connectivity index (χ1) is 6.18. The first-order valence-corrected chi connectivity index (χ1v) is 4.60. The Kier molecular flexibility index (Phi) is 1.91. The maximum absolute atomic E-state index is 11.5. The molecule has 0 bridgehead atoms. The third kappa shape index (κ3) is 1.37. The molecule has 0 saturated heterocycles. The van der Waals surface area contributed by atoms with Gasteiger partial charge in [-0.1, -0.05) is 11.6 Å². The molecule has 0 aliphatic heterocycles. The van der Waals surface area contributed by atoms with Crippen molar-refractivity contribution >= 4 is 11.6 Å². The minimum atomic E-state index is -0.0683. The van der Waals surface area contributed by atoms with Crippen molar-refractivity contribution in [2.45, 2.75) is 19.8 Å². The number of fused-ring (bicyclic) bond motifs is 1. The second-order valence-corrected chi connectivity index (χ2v) is 3.84. The van der Waals surface area contributed by atoms with E-state index in [0.717, 1.165) is 12.8 Å². The molecule has 2 aliphatic carbocycles. The largest absolute Gasteiger partial charge is 0.295 e. The summed E-state index contributed by atoms with van der Waals surface area (Å²) in [6, 6.07) is 0. The van der Waals surface area contributed by atoms with Crippen LogP contribution < -0.4 is 0 Å². The molecule has 2 nitrogen and oxygen atoms in total. The summed E-state index contributed by atoms with van der Waals surface area (Å²) in [6.07, 6.45) is 6.44. The molecule has 0 fully saturated rings. The van der Waals surface area contributed by atoms with E-state index in [9.17, 15) is 9.59 Å². The van der Waals surface area contributed by atoms with Crippen molar-refractivity contribution in [3.8, 4) is 0 Å². The molecule has 2 aliphatic rings. The topological polar surface area (TPSA) is 34.1 Å². The SMILES string of the molecule is CC1=CC[C@@H]2C(=O)C=CC(=O)[C@@H]2C1. The zero-order chi connectivity index (χ0) is 9.42. The highest BCUT2D eigenvalue weighted by molar-refractivity contribution is 6.07. The van der Waals surface area contributed by atoms with Crippen molar-refractivity contribution in [3.63, 3.8) is 0 Å². The van der Waals surface area contributed by atoms with Crippen molar-refractivity contribution < 1.29 is 9.59 Å². The lowest BCUT2D eigenvalue weighted by Gasteiger charge is -2.29. The summed E-state index contributed by atoms with van der Waals surface area (Å²) in [5.41, 5.74) is 1.23. The Morgan fingerprint density at radius 1 is 1.15 bits per heavy atom. The number of carbonyl (C=O) groups excluding carboxylic acids is 2. The molecule has 0 aromatic carbocycles. The molecule has 0 radical (unpaired) electrons. The summed E-state index contributed by atoms with van der Waals surface area (Å²) < 4.78 is 0. The fourth-order valence-electron chi connectivity index (χ4n) is 2.09. The molecular formula is C11H12O2. The monoisotopic (exact) mass is 176 g/mol. The van der Waals surface area contributed by atoms with Crippen molar-refractivity contribution in [1.82, 2.24) is 0 Å². The van der Waals surface area contributed by atoms with E-state index in [-0.39, 0.29) is 23.4 Å². The van der Waals surface area contributed by atoms with Gasteiger partial charge in [-0.2, -0.15) is 0 Å². The van der Waals surface area contributed by atoms with Crippen LogP contribution in [0.5, 0.6) is 0 Å². The lowest BCUT2D eigenvalue weighted by molar-refractivity contribution is -0.129. The number of hydrogen-bond acceptors (Lipinski definition) is 2. The summed E-state index contributed by atoms with van der Waals surface area (Å²) in [6.45, 7) is 2.02. The summed E-state index contributed by atoms with van der Waals surface area (Å²) >= 11 is 0. The summed E-state index contributed by atoms with van der Waals surface area (Å²) in [7, 11) is 0. The van der Waals surface area contributed by atoms with Crippen molar-refractivity contribution in [2.24, 2.45) is 11.8 Å². The maximum Gasteiger partial charge on any atom is 0.159 e. The van der Waals surface area contributed by atoms with Crippen molar-refractivity contribution in [3.05, 3.63) is 23.8 Å². The predicted molar refractivity (Wildman–Crippen MR) is 49.1 cm³/mol. The number of rotatable bonds is 0. The molecule has 2 atom stereocenters. The van der Waals surface area contributed by atoms with Gasteiger partial charge in [0.2, 0.25) is 0 Å². The molecule has 2 heteroatoms. The van der Waals surface area contributed by atoms with Crippen LogP contribution in [0.15, 0.2) is 23.8 Å². The molecule has 0 unspecified atom stereocenters. The Morgan fingerprint density at radius 2 is 1.77 bits per heavy atom.